The normalized spacial score (nSPS) is 15.1. The minimum absolute atomic E-state index is 0.848. The molecule has 1 aliphatic rings. The molecule has 2 N–H and O–H groups in total. The molecule has 0 amide bonds. The molecule has 4 heteroatoms. The molecule has 0 fully saturated rings. The molecular formula is C10H21N3O. The minimum Gasteiger partial charge on any atom is -0.381 e. The molecule has 0 aliphatic carbocycles. The highest BCUT2D eigenvalue weighted by Crippen LogP contribution is 1.89. The molecule has 14 heavy (non-hydrogen) atoms. The highest BCUT2D eigenvalue weighted by Gasteiger charge is 2.01. The Hall–Kier alpha value is -0.770. The molecule has 0 atom stereocenters. The van der Waals surface area contributed by atoms with Gasteiger partial charge in [-0.3, -0.25) is 4.99 Å². The van der Waals surface area contributed by atoms with Crippen LogP contribution >= 0.6 is 0 Å². The van der Waals surface area contributed by atoms with Gasteiger partial charge in [0.25, 0.3) is 0 Å². The topological polar surface area (TPSA) is 45.6 Å². The third-order valence-corrected chi connectivity index (χ3v) is 2.07. The lowest BCUT2D eigenvalue weighted by molar-refractivity contribution is 0.129. The standard InChI is InChI=1S/C10H21N3O/c1-2-3-8-14-9-4-5-11-10-12-6-7-13-10/h2-9H2,1H3,(H2,11,12,13). The second-order valence-electron chi connectivity index (χ2n) is 3.40. The van der Waals surface area contributed by atoms with Gasteiger partial charge in [0, 0.05) is 26.3 Å². The van der Waals surface area contributed by atoms with Crippen molar-refractivity contribution in [1.29, 1.82) is 0 Å². The number of guanidine groups is 1. The first-order valence-corrected chi connectivity index (χ1v) is 5.53. The van der Waals surface area contributed by atoms with Gasteiger partial charge in [-0.05, 0) is 12.8 Å². The highest BCUT2D eigenvalue weighted by atomic mass is 16.5. The first-order valence-electron chi connectivity index (χ1n) is 5.53. The van der Waals surface area contributed by atoms with Crippen molar-refractivity contribution >= 4 is 5.96 Å². The molecule has 0 aromatic heterocycles. The van der Waals surface area contributed by atoms with E-state index in [1.807, 2.05) is 0 Å². The van der Waals surface area contributed by atoms with Crippen LogP contribution in [-0.2, 0) is 4.74 Å². The zero-order valence-corrected chi connectivity index (χ0v) is 9.01. The Morgan fingerprint density at radius 2 is 2.29 bits per heavy atom. The maximum Gasteiger partial charge on any atom is 0.191 e. The SMILES string of the molecule is CCCCOCCCNC1=NCCN1. The maximum absolute atomic E-state index is 5.44. The van der Waals surface area contributed by atoms with Gasteiger partial charge in [-0.1, -0.05) is 13.3 Å². The van der Waals surface area contributed by atoms with Crippen molar-refractivity contribution in [2.45, 2.75) is 26.2 Å². The number of aliphatic imine (C=N–C) groups is 1. The lowest BCUT2D eigenvalue weighted by Crippen LogP contribution is -2.34. The summed E-state index contributed by atoms with van der Waals surface area (Å²) in [6.45, 7) is 6.73. The molecule has 0 saturated heterocycles. The maximum atomic E-state index is 5.44. The van der Waals surface area contributed by atoms with Crippen molar-refractivity contribution in [3.8, 4) is 0 Å². The Bertz CT molecular complexity index is 171. The number of hydrogen-bond donors (Lipinski definition) is 2. The van der Waals surface area contributed by atoms with Crippen molar-refractivity contribution in [2.75, 3.05) is 32.8 Å². The van der Waals surface area contributed by atoms with Crippen LogP contribution in [0.1, 0.15) is 26.2 Å². The lowest BCUT2D eigenvalue weighted by Gasteiger charge is -2.06. The van der Waals surface area contributed by atoms with E-state index >= 15 is 0 Å². The van der Waals surface area contributed by atoms with Gasteiger partial charge in [-0.2, -0.15) is 0 Å². The molecular weight excluding hydrogens is 178 g/mol. The second kappa shape index (κ2) is 7.62. The fourth-order valence-corrected chi connectivity index (χ4v) is 1.25. The van der Waals surface area contributed by atoms with Crippen LogP contribution in [0.15, 0.2) is 4.99 Å². The average molecular weight is 199 g/mol. The van der Waals surface area contributed by atoms with Gasteiger partial charge in [0.1, 0.15) is 0 Å². The van der Waals surface area contributed by atoms with Crippen LogP contribution in [0.3, 0.4) is 0 Å². The monoisotopic (exact) mass is 199 g/mol. The van der Waals surface area contributed by atoms with Crippen LogP contribution in [0.5, 0.6) is 0 Å². The minimum atomic E-state index is 0.848. The van der Waals surface area contributed by atoms with E-state index in [2.05, 4.69) is 22.5 Å². The Labute approximate surface area is 86.1 Å². The second-order valence-corrected chi connectivity index (χ2v) is 3.40. The number of rotatable bonds is 7. The molecule has 0 aromatic carbocycles. The van der Waals surface area contributed by atoms with Crippen molar-refractivity contribution in [3.05, 3.63) is 0 Å². The van der Waals surface area contributed by atoms with Crippen LogP contribution in [0.25, 0.3) is 0 Å². The quantitative estimate of drug-likeness (QED) is 0.595. The van der Waals surface area contributed by atoms with E-state index in [1.54, 1.807) is 0 Å². The first kappa shape index (κ1) is 11.3. The third-order valence-electron chi connectivity index (χ3n) is 2.07. The van der Waals surface area contributed by atoms with E-state index in [-0.39, 0.29) is 0 Å². The number of hydrogen-bond acceptors (Lipinski definition) is 4. The molecule has 0 radical (unpaired) electrons. The summed E-state index contributed by atoms with van der Waals surface area (Å²) in [5.41, 5.74) is 0. The van der Waals surface area contributed by atoms with Crippen molar-refractivity contribution < 1.29 is 4.74 Å². The predicted octanol–water partition coefficient (Wildman–Crippen LogP) is 0.742. The fourth-order valence-electron chi connectivity index (χ4n) is 1.25. The molecule has 1 aliphatic heterocycles. The number of unbranched alkanes of at least 4 members (excludes halogenated alkanes) is 1. The van der Waals surface area contributed by atoms with Gasteiger partial charge in [-0.25, -0.2) is 0 Å². The van der Waals surface area contributed by atoms with Crippen molar-refractivity contribution in [1.82, 2.24) is 10.6 Å². The van der Waals surface area contributed by atoms with E-state index in [4.69, 9.17) is 4.74 Å². The first-order chi connectivity index (χ1) is 6.93. The van der Waals surface area contributed by atoms with Gasteiger partial charge in [0.15, 0.2) is 5.96 Å². The van der Waals surface area contributed by atoms with E-state index in [9.17, 15) is 0 Å². The fraction of sp³-hybridized carbons (Fsp3) is 0.900. The van der Waals surface area contributed by atoms with Gasteiger partial charge in [-0.15, -0.1) is 0 Å². The molecule has 0 unspecified atom stereocenters. The van der Waals surface area contributed by atoms with Gasteiger partial charge >= 0.3 is 0 Å². The summed E-state index contributed by atoms with van der Waals surface area (Å²) in [6.07, 6.45) is 3.42. The highest BCUT2D eigenvalue weighted by molar-refractivity contribution is 5.81. The Kier molecular flexibility index (Phi) is 6.15. The molecule has 0 bridgehead atoms. The average Bonchev–Trinajstić information content (AvgIpc) is 2.69. The lowest BCUT2D eigenvalue weighted by atomic mass is 10.4. The largest absolute Gasteiger partial charge is 0.381 e. The summed E-state index contributed by atoms with van der Waals surface area (Å²) >= 11 is 0. The molecule has 1 heterocycles. The van der Waals surface area contributed by atoms with E-state index in [0.717, 1.165) is 45.2 Å². The van der Waals surface area contributed by atoms with Crippen LogP contribution in [0.2, 0.25) is 0 Å². The molecule has 4 nitrogen and oxygen atoms in total. The van der Waals surface area contributed by atoms with E-state index < -0.39 is 0 Å². The van der Waals surface area contributed by atoms with E-state index in [1.165, 1.54) is 12.8 Å². The third kappa shape index (κ3) is 5.07. The smallest absolute Gasteiger partial charge is 0.191 e. The molecule has 0 saturated carbocycles. The van der Waals surface area contributed by atoms with Gasteiger partial charge in [0.2, 0.25) is 0 Å². The summed E-state index contributed by atoms with van der Waals surface area (Å²) in [5.74, 6) is 0.943. The van der Waals surface area contributed by atoms with Crippen molar-refractivity contribution in [3.63, 3.8) is 0 Å². The summed E-state index contributed by atoms with van der Waals surface area (Å²) in [7, 11) is 0. The summed E-state index contributed by atoms with van der Waals surface area (Å²) < 4.78 is 5.44. The van der Waals surface area contributed by atoms with Crippen LogP contribution in [0, 0.1) is 0 Å². The van der Waals surface area contributed by atoms with Gasteiger partial charge < -0.3 is 15.4 Å². The zero-order chi connectivity index (χ0) is 10.1. The molecule has 1 rings (SSSR count). The zero-order valence-electron chi connectivity index (χ0n) is 9.01. The summed E-state index contributed by atoms with van der Waals surface area (Å²) in [4.78, 5) is 4.24. The Morgan fingerprint density at radius 1 is 1.43 bits per heavy atom. The molecule has 0 spiro atoms. The Morgan fingerprint density at radius 3 is 3.00 bits per heavy atom. The summed E-state index contributed by atoms with van der Waals surface area (Å²) in [6, 6.07) is 0. The van der Waals surface area contributed by atoms with Crippen LogP contribution in [0.4, 0.5) is 0 Å². The van der Waals surface area contributed by atoms with Crippen LogP contribution < -0.4 is 10.6 Å². The van der Waals surface area contributed by atoms with E-state index in [0.29, 0.717) is 0 Å². The molecule has 82 valence electrons. The van der Waals surface area contributed by atoms with Gasteiger partial charge in [0.05, 0.1) is 6.54 Å². The predicted molar refractivity (Wildman–Crippen MR) is 58.7 cm³/mol. The van der Waals surface area contributed by atoms with Crippen LogP contribution in [-0.4, -0.2) is 38.8 Å². The number of ether oxygens (including phenoxy) is 1. The number of nitrogens with zero attached hydrogens (tertiary/aromatic N) is 1. The summed E-state index contributed by atoms with van der Waals surface area (Å²) in [5, 5.41) is 6.40. The number of nitrogens with one attached hydrogen (secondary N) is 2. The Balaban J connectivity index is 1.80. The van der Waals surface area contributed by atoms with Crippen molar-refractivity contribution in [2.24, 2.45) is 4.99 Å². The molecule has 0 aromatic rings.